The van der Waals surface area contributed by atoms with Crippen LogP contribution in [0.25, 0.3) is 0 Å². The van der Waals surface area contributed by atoms with Gasteiger partial charge >= 0.3 is 0 Å². The maximum atomic E-state index is 14.1. The van der Waals surface area contributed by atoms with E-state index in [9.17, 15) is 18.4 Å². The number of nitrogens with two attached hydrogens (primary N) is 2. The molecular formula is C36H36F2N6O4. The standard InChI is InChI=1S/2C18H18FN3O2/c2*1-24-15-6-5-10(9-13(15)19)17-21-18(23)12-4-2-3-11-14(20)7-8-22(17)16(11)12/h2*2-6,9,14,17H,7-8,20H2,1H3,(H,21,23)/t2*14-,17-/m10/s1. The van der Waals surface area contributed by atoms with Gasteiger partial charge < -0.3 is 41.4 Å². The van der Waals surface area contributed by atoms with Crippen molar-refractivity contribution in [1.29, 1.82) is 0 Å². The summed E-state index contributed by atoms with van der Waals surface area (Å²) < 4.78 is 38.2. The van der Waals surface area contributed by atoms with E-state index in [1.54, 1.807) is 36.4 Å². The maximum Gasteiger partial charge on any atom is 0.255 e. The number of amides is 2. The number of hydrogen-bond donors (Lipinski definition) is 4. The number of halogens is 2. The van der Waals surface area contributed by atoms with Gasteiger partial charge in [-0.2, -0.15) is 0 Å². The lowest BCUT2D eigenvalue weighted by molar-refractivity contribution is 0.0916. The Bertz CT molecular complexity index is 1780. The second kappa shape index (κ2) is 12.4. The second-order valence-electron chi connectivity index (χ2n) is 12.2. The van der Waals surface area contributed by atoms with Crippen molar-refractivity contribution in [2.24, 2.45) is 11.5 Å². The van der Waals surface area contributed by atoms with Crippen LogP contribution >= 0.6 is 0 Å². The van der Waals surface area contributed by atoms with Gasteiger partial charge in [0.1, 0.15) is 12.3 Å². The van der Waals surface area contributed by atoms with Gasteiger partial charge in [0.25, 0.3) is 11.8 Å². The van der Waals surface area contributed by atoms with Crippen molar-refractivity contribution < 1.29 is 27.8 Å². The summed E-state index contributed by atoms with van der Waals surface area (Å²) in [5, 5.41) is 5.94. The summed E-state index contributed by atoms with van der Waals surface area (Å²) in [4.78, 5) is 29.2. The predicted octanol–water partition coefficient (Wildman–Crippen LogP) is 4.97. The quantitative estimate of drug-likeness (QED) is 0.242. The minimum atomic E-state index is -0.447. The molecule has 4 atom stereocenters. The third-order valence-corrected chi connectivity index (χ3v) is 9.50. The fraction of sp³-hybridized carbons (Fsp3) is 0.278. The molecule has 10 nitrogen and oxygen atoms in total. The maximum absolute atomic E-state index is 14.1. The molecule has 0 radical (unpaired) electrons. The monoisotopic (exact) mass is 654 g/mol. The van der Waals surface area contributed by atoms with E-state index in [4.69, 9.17) is 20.9 Å². The van der Waals surface area contributed by atoms with Gasteiger partial charge in [0, 0.05) is 25.2 Å². The van der Waals surface area contributed by atoms with Crippen molar-refractivity contribution in [1.82, 2.24) is 10.6 Å². The molecule has 0 saturated heterocycles. The summed E-state index contributed by atoms with van der Waals surface area (Å²) >= 11 is 0. The Balaban J connectivity index is 0.000000152. The lowest BCUT2D eigenvalue weighted by atomic mass is 9.90. The first-order chi connectivity index (χ1) is 23.2. The molecule has 0 saturated carbocycles. The number of hydrogen-bond acceptors (Lipinski definition) is 8. The Labute approximate surface area is 276 Å². The van der Waals surface area contributed by atoms with Crippen molar-refractivity contribution in [3.8, 4) is 11.5 Å². The predicted molar refractivity (Wildman–Crippen MR) is 177 cm³/mol. The van der Waals surface area contributed by atoms with Crippen molar-refractivity contribution in [3.05, 3.63) is 118 Å². The van der Waals surface area contributed by atoms with Crippen LogP contribution in [0.1, 0.15) is 80.2 Å². The van der Waals surface area contributed by atoms with Gasteiger partial charge in [0.15, 0.2) is 23.1 Å². The molecule has 4 aromatic carbocycles. The molecule has 4 aromatic rings. The number of nitrogens with one attached hydrogen (secondary N) is 2. The van der Waals surface area contributed by atoms with E-state index in [-0.39, 0.29) is 35.4 Å². The number of methoxy groups -OCH3 is 2. The fourth-order valence-electron chi connectivity index (χ4n) is 7.13. The molecular weight excluding hydrogens is 618 g/mol. The first-order valence-corrected chi connectivity index (χ1v) is 15.8. The van der Waals surface area contributed by atoms with Crippen LogP contribution in [0.2, 0.25) is 0 Å². The zero-order chi connectivity index (χ0) is 33.7. The Morgan fingerprint density at radius 3 is 1.46 bits per heavy atom. The van der Waals surface area contributed by atoms with Crippen molar-refractivity contribution in [3.63, 3.8) is 0 Å². The van der Waals surface area contributed by atoms with E-state index in [0.29, 0.717) is 35.3 Å². The van der Waals surface area contributed by atoms with Gasteiger partial charge in [-0.05, 0) is 71.5 Å². The Hall–Kier alpha value is -5.20. The molecule has 48 heavy (non-hydrogen) atoms. The van der Waals surface area contributed by atoms with Crippen LogP contribution in [0.4, 0.5) is 20.2 Å². The van der Waals surface area contributed by atoms with E-state index in [2.05, 4.69) is 20.4 Å². The molecule has 0 aliphatic carbocycles. The molecule has 0 spiro atoms. The molecule has 4 aliphatic rings. The first kappa shape index (κ1) is 31.4. The van der Waals surface area contributed by atoms with E-state index >= 15 is 0 Å². The third-order valence-electron chi connectivity index (χ3n) is 9.50. The van der Waals surface area contributed by atoms with Crippen LogP contribution < -0.4 is 41.4 Å². The molecule has 248 valence electrons. The van der Waals surface area contributed by atoms with E-state index in [1.807, 2.05) is 24.3 Å². The fourth-order valence-corrected chi connectivity index (χ4v) is 7.13. The minimum Gasteiger partial charge on any atom is -0.494 e. The highest BCUT2D eigenvalue weighted by Crippen LogP contribution is 2.44. The number of para-hydroxylation sites is 2. The molecule has 0 unspecified atom stereocenters. The molecule has 4 heterocycles. The van der Waals surface area contributed by atoms with Gasteiger partial charge in [-0.3, -0.25) is 9.59 Å². The highest BCUT2D eigenvalue weighted by molar-refractivity contribution is 6.04. The summed E-state index contributed by atoms with van der Waals surface area (Å²) in [6.45, 7) is 1.40. The Morgan fingerprint density at radius 1 is 0.667 bits per heavy atom. The topological polar surface area (TPSA) is 135 Å². The van der Waals surface area contributed by atoms with Gasteiger partial charge in [-0.1, -0.05) is 36.4 Å². The Kier molecular flexibility index (Phi) is 8.14. The highest BCUT2D eigenvalue weighted by Gasteiger charge is 2.39. The van der Waals surface area contributed by atoms with Gasteiger partial charge in [-0.25, -0.2) is 8.78 Å². The largest absolute Gasteiger partial charge is 0.494 e. The van der Waals surface area contributed by atoms with Gasteiger partial charge in [0.05, 0.1) is 36.7 Å². The highest BCUT2D eigenvalue weighted by atomic mass is 19.1. The number of carbonyl (C=O) groups is 2. The van der Waals surface area contributed by atoms with E-state index < -0.39 is 24.0 Å². The SMILES string of the molecule is COc1ccc([C@@H]2NC(=O)c3cccc4c3N2CC[C@H]4N)cc1F.COc1ccc([C@H]2NC(=O)c3cccc4c3N2CC[C@@H]4N)cc1F. The third kappa shape index (κ3) is 5.26. The zero-order valence-corrected chi connectivity index (χ0v) is 26.5. The molecule has 0 bridgehead atoms. The van der Waals surface area contributed by atoms with Crippen LogP contribution in [0.15, 0.2) is 72.8 Å². The van der Waals surface area contributed by atoms with Gasteiger partial charge in [-0.15, -0.1) is 0 Å². The van der Waals surface area contributed by atoms with Gasteiger partial charge in [0.2, 0.25) is 0 Å². The number of carbonyl (C=O) groups excluding carboxylic acids is 2. The molecule has 6 N–H and O–H groups in total. The Morgan fingerprint density at radius 2 is 1.08 bits per heavy atom. The lowest BCUT2D eigenvalue weighted by Crippen LogP contribution is -2.49. The van der Waals surface area contributed by atoms with E-state index in [0.717, 1.165) is 35.3 Å². The summed E-state index contributed by atoms with van der Waals surface area (Å²) in [5.41, 5.74) is 18.7. The molecule has 8 rings (SSSR count). The average molecular weight is 655 g/mol. The molecule has 4 aliphatic heterocycles. The number of benzene rings is 4. The number of anilines is 2. The van der Waals surface area contributed by atoms with Crippen LogP contribution in [-0.2, 0) is 0 Å². The molecule has 12 heteroatoms. The lowest BCUT2D eigenvalue weighted by Gasteiger charge is -2.44. The van der Waals surface area contributed by atoms with Crippen molar-refractivity contribution in [2.45, 2.75) is 37.3 Å². The number of nitrogens with zero attached hydrogens (tertiary/aromatic N) is 2. The van der Waals surface area contributed by atoms with Crippen LogP contribution in [0.3, 0.4) is 0 Å². The van der Waals surface area contributed by atoms with Crippen LogP contribution in [0, 0.1) is 11.6 Å². The van der Waals surface area contributed by atoms with E-state index in [1.165, 1.54) is 26.4 Å². The van der Waals surface area contributed by atoms with Crippen LogP contribution in [0.5, 0.6) is 11.5 Å². The normalized spacial score (nSPS) is 22.0. The van der Waals surface area contributed by atoms with Crippen LogP contribution in [-0.4, -0.2) is 39.1 Å². The molecule has 0 aromatic heterocycles. The summed E-state index contributed by atoms with van der Waals surface area (Å²) in [7, 11) is 2.85. The number of rotatable bonds is 4. The van der Waals surface area contributed by atoms with Crippen molar-refractivity contribution in [2.75, 3.05) is 37.1 Å². The van der Waals surface area contributed by atoms with Crippen molar-refractivity contribution >= 4 is 23.2 Å². The average Bonchev–Trinajstić information content (AvgIpc) is 3.10. The summed E-state index contributed by atoms with van der Waals surface area (Å²) in [6.07, 6.45) is 0.723. The molecule has 2 amide bonds. The number of ether oxygens (including phenoxy) is 2. The minimum absolute atomic E-state index is 0.0876. The summed E-state index contributed by atoms with van der Waals surface area (Å²) in [5.74, 6) is -0.865. The zero-order valence-electron chi connectivity index (χ0n) is 26.5. The first-order valence-electron chi connectivity index (χ1n) is 15.8. The molecule has 0 fully saturated rings. The smallest absolute Gasteiger partial charge is 0.255 e. The second-order valence-corrected chi connectivity index (χ2v) is 12.2. The summed E-state index contributed by atoms with van der Waals surface area (Å²) in [6, 6.07) is 20.6.